The fourth-order valence-corrected chi connectivity index (χ4v) is 4.30. The summed E-state index contributed by atoms with van der Waals surface area (Å²) in [5.74, 6) is 0.0942. The predicted molar refractivity (Wildman–Crippen MR) is 113 cm³/mol. The van der Waals surface area contributed by atoms with Crippen LogP contribution in [0, 0.1) is 0 Å². The summed E-state index contributed by atoms with van der Waals surface area (Å²) in [6.45, 7) is 1.01. The van der Waals surface area contributed by atoms with Crippen molar-refractivity contribution in [3.05, 3.63) is 71.8 Å². The third-order valence-corrected chi connectivity index (χ3v) is 5.83. The van der Waals surface area contributed by atoms with E-state index in [0.29, 0.717) is 19.1 Å². The Morgan fingerprint density at radius 1 is 0.964 bits per heavy atom. The highest BCUT2D eigenvalue weighted by atomic mass is 16.3. The summed E-state index contributed by atoms with van der Waals surface area (Å²) < 4.78 is 0. The van der Waals surface area contributed by atoms with E-state index in [1.54, 1.807) is 0 Å². The number of carbonyl (C=O) groups excluding carboxylic acids is 1. The van der Waals surface area contributed by atoms with Gasteiger partial charge >= 0.3 is 0 Å². The molecule has 4 nitrogen and oxygen atoms in total. The highest BCUT2D eigenvalue weighted by molar-refractivity contribution is 5.79. The van der Waals surface area contributed by atoms with Crippen LogP contribution in [0.2, 0.25) is 0 Å². The minimum absolute atomic E-state index is 0.0916. The van der Waals surface area contributed by atoms with Crippen molar-refractivity contribution in [3.8, 4) is 0 Å². The second-order valence-electron chi connectivity index (χ2n) is 7.71. The quantitative estimate of drug-likeness (QED) is 0.756. The van der Waals surface area contributed by atoms with Gasteiger partial charge in [0, 0.05) is 19.6 Å². The van der Waals surface area contributed by atoms with Crippen LogP contribution in [-0.2, 0) is 4.79 Å². The zero-order valence-electron chi connectivity index (χ0n) is 16.8. The first-order valence-electron chi connectivity index (χ1n) is 10.4. The van der Waals surface area contributed by atoms with E-state index in [9.17, 15) is 9.90 Å². The fourth-order valence-electron chi connectivity index (χ4n) is 4.30. The van der Waals surface area contributed by atoms with Crippen molar-refractivity contribution in [1.29, 1.82) is 0 Å². The molecule has 2 aromatic rings. The second-order valence-corrected chi connectivity index (χ2v) is 7.71. The number of hydrogen-bond donors (Lipinski definition) is 1. The third kappa shape index (κ3) is 5.21. The van der Waals surface area contributed by atoms with E-state index in [-0.39, 0.29) is 18.6 Å². The van der Waals surface area contributed by atoms with Crippen LogP contribution in [-0.4, -0.2) is 53.6 Å². The molecule has 1 fully saturated rings. The molecule has 0 atom stereocenters. The molecule has 0 heterocycles. The summed E-state index contributed by atoms with van der Waals surface area (Å²) in [5, 5.41) is 9.52. The molecule has 1 aliphatic rings. The van der Waals surface area contributed by atoms with Gasteiger partial charge in [0.2, 0.25) is 5.91 Å². The Hall–Kier alpha value is -2.17. The lowest BCUT2D eigenvalue weighted by molar-refractivity contribution is -0.133. The van der Waals surface area contributed by atoms with Crippen molar-refractivity contribution < 1.29 is 9.90 Å². The molecule has 2 aromatic carbocycles. The van der Waals surface area contributed by atoms with Crippen LogP contribution in [0.25, 0.3) is 0 Å². The highest BCUT2D eigenvalue weighted by Crippen LogP contribution is 2.28. The van der Waals surface area contributed by atoms with Crippen molar-refractivity contribution in [2.24, 2.45) is 0 Å². The Morgan fingerprint density at radius 3 is 2.00 bits per heavy atom. The zero-order chi connectivity index (χ0) is 19.8. The van der Waals surface area contributed by atoms with Gasteiger partial charge < -0.3 is 10.0 Å². The van der Waals surface area contributed by atoms with Crippen LogP contribution < -0.4 is 0 Å². The van der Waals surface area contributed by atoms with Crippen LogP contribution in [0.5, 0.6) is 0 Å². The van der Waals surface area contributed by atoms with E-state index < -0.39 is 0 Å². The highest BCUT2D eigenvalue weighted by Gasteiger charge is 2.27. The molecule has 4 heteroatoms. The molecule has 0 radical (unpaired) electrons. The van der Waals surface area contributed by atoms with Gasteiger partial charge in [-0.2, -0.15) is 0 Å². The van der Waals surface area contributed by atoms with Gasteiger partial charge in [-0.1, -0.05) is 79.9 Å². The fraction of sp³-hybridized carbons (Fsp3) is 0.458. The molecular weight excluding hydrogens is 348 g/mol. The van der Waals surface area contributed by atoms with Crippen LogP contribution >= 0.6 is 0 Å². The summed E-state index contributed by atoms with van der Waals surface area (Å²) in [6, 6.07) is 20.7. The standard InChI is InChI=1S/C24H32N2O2/c1-25(23(28)19-26(17-18-27)22-15-9-4-10-16-22)24(20-11-5-2-6-12-20)21-13-7-3-8-14-21/h2-3,5-8,11-14,22,24,27H,4,9-10,15-19H2,1H3. The molecular formula is C24H32N2O2. The van der Waals surface area contributed by atoms with Crippen molar-refractivity contribution in [2.75, 3.05) is 26.7 Å². The van der Waals surface area contributed by atoms with Gasteiger partial charge in [-0.15, -0.1) is 0 Å². The van der Waals surface area contributed by atoms with E-state index in [1.165, 1.54) is 19.3 Å². The number of amides is 1. The summed E-state index contributed by atoms with van der Waals surface area (Å²) in [6.07, 6.45) is 5.96. The van der Waals surface area contributed by atoms with E-state index in [0.717, 1.165) is 24.0 Å². The number of hydrogen-bond acceptors (Lipinski definition) is 3. The molecule has 0 unspecified atom stereocenters. The lowest BCUT2D eigenvalue weighted by Gasteiger charge is -2.36. The third-order valence-electron chi connectivity index (χ3n) is 5.83. The molecule has 0 spiro atoms. The van der Waals surface area contributed by atoms with E-state index in [2.05, 4.69) is 29.2 Å². The van der Waals surface area contributed by atoms with E-state index in [1.807, 2.05) is 48.3 Å². The van der Waals surface area contributed by atoms with Crippen molar-refractivity contribution in [3.63, 3.8) is 0 Å². The molecule has 1 amide bonds. The first-order chi connectivity index (χ1) is 13.7. The van der Waals surface area contributed by atoms with Crippen molar-refractivity contribution >= 4 is 5.91 Å². The normalized spacial score (nSPS) is 15.1. The van der Waals surface area contributed by atoms with Gasteiger partial charge in [0.1, 0.15) is 0 Å². The summed E-state index contributed by atoms with van der Waals surface area (Å²) in [5.41, 5.74) is 2.21. The topological polar surface area (TPSA) is 43.8 Å². The maximum Gasteiger partial charge on any atom is 0.237 e. The average Bonchev–Trinajstić information content (AvgIpc) is 2.75. The minimum atomic E-state index is -0.114. The molecule has 0 bridgehead atoms. The molecule has 1 N–H and O–H groups in total. The Labute approximate surface area is 168 Å². The number of aliphatic hydroxyl groups is 1. The molecule has 3 rings (SSSR count). The second kappa shape index (κ2) is 10.4. The van der Waals surface area contributed by atoms with Gasteiger partial charge in [-0.05, 0) is 24.0 Å². The summed E-state index contributed by atoms with van der Waals surface area (Å²) in [4.78, 5) is 17.3. The first kappa shape index (κ1) is 20.6. The van der Waals surface area contributed by atoms with Gasteiger partial charge in [-0.3, -0.25) is 9.69 Å². The van der Waals surface area contributed by atoms with Gasteiger partial charge in [0.15, 0.2) is 0 Å². The summed E-state index contributed by atoms with van der Waals surface area (Å²) in [7, 11) is 1.89. The Balaban J connectivity index is 1.79. The Morgan fingerprint density at radius 2 is 1.50 bits per heavy atom. The number of aliphatic hydroxyl groups excluding tert-OH is 1. The lowest BCUT2D eigenvalue weighted by Crippen LogP contribution is -2.46. The van der Waals surface area contributed by atoms with E-state index >= 15 is 0 Å². The van der Waals surface area contributed by atoms with Gasteiger partial charge in [0.05, 0.1) is 19.2 Å². The molecule has 150 valence electrons. The SMILES string of the molecule is CN(C(=O)CN(CCO)C1CCCCC1)C(c1ccccc1)c1ccccc1. The monoisotopic (exact) mass is 380 g/mol. The minimum Gasteiger partial charge on any atom is -0.395 e. The molecule has 1 saturated carbocycles. The molecule has 28 heavy (non-hydrogen) atoms. The number of nitrogens with zero attached hydrogens (tertiary/aromatic N) is 2. The van der Waals surface area contributed by atoms with Gasteiger partial charge in [0.25, 0.3) is 0 Å². The largest absolute Gasteiger partial charge is 0.395 e. The first-order valence-corrected chi connectivity index (χ1v) is 10.4. The number of likely N-dealkylation sites (N-methyl/N-ethyl adjacent to an activating group) is 1. The van der Waals surface area contributed by atoms with Crippen LogP contribution in [0.3, 0.4) is 0 Å². The maximum absolute atomic E-state index is 13.3. The van der Waals surface area contributed by atoms with E-state index in [4.69, 9.17) is 0 Å². The van der Waals surface area contributed by atoms with Crippen LogP contribution in [0.1, 0.15) is 49.3 Å². The van der Waals surface area contributed by atoms with Crippen molar-refractivity contribution in [1.82, 2.24) is 9.80 Å². The Bertz CT molecular complexity index is 674. The lowest BCUT2D eigenvalue weighted by atomic mass is 9.94. The number of carbonyl (C=O) groups is 1. The maximum atomic E-state index is 13.3. The average molecular weight is 381 g/mol. The molecule has 1 aliphatic carbocycles. The molecule has 0 aliphatic heterocycles. The molecule has 0 saturated heterocycles. The number of benzene rings is 2. The van der Waals surface area contributed by atoms with Crippen LogP contribution in [0.4, 0.5) is 0 Å². The zero-order valence-corrected chi connectivity index (χ0v) is 16.8. The smallest absolute Gasteiger partial charge is 0.237 e. The summed E-state index contributed by atoms with van der Waals surface area (Å²) >= 11 is 0. The molecule has 0 aromatic heterocycles. The van der Waals surface area contributed by atoms with Crippen LogP contribution in [0.15, 0.2) is 60.7 Å². The van der Waals surface area contributed by atoms with Gasteiger partial charge in [-0.25, -0.2) is 0 Å². The predicted octanol–water partition coefficient (Wildman–Crippen LogP) is 3.86. The number of rotatable bonds is 8. The van der Waals surface area contributed by atoms with Crippen molar-refractivity contribution in [2.45, 2.75) is 44.2 Å². The Kier molecular flexibility index (Phi) is 7.63.